The largest absolute Gasteiger partial charge is 0.494 e. The fraction of sp³-hybridized carbons (Fsp3) is 0.500. The van der Waals surface area contributed by atoms with Crippen molar-refractivity contribution in [3.05, 3.63) is 39.8 Å². The van der Waals surface area contributed by atoms with E-state index < -0.39 is 10.0 Å². The molecule has 1 aliphatic heterocycles. The molecule has 0 aromatic heterocycles. The smallest absolute Gasteiger partial charge is 0.241 e. The van der Waals surface area contributed by atoms with Crippen LogP contribution in [-0.4, -0.2) is 28.2 Å². The molecule has 122 valence electrons. The topological polar surface area (TPSA) is 64.6 Å². The molecule has 0 atom stereocenters. The molecule has 1 aliphatic rings. The fourth-order valence-electron chi connectivity index (χ4n) is 2.61. The lowest BCUT2D eigenvalue weighted by atomic mass is 9.95. The standard InChI is InChI=1S/C16H23NO4S/c1-10-11(2)13(4)16(14(5)12(10)3)22(18,19)17-8-15-9-20-6-7-21-15/h9,17H,6-8H2,1-5H3. The number of sulfonamides is 1. The van der Waals surface area contributed by atoms with E-state index in [1.165, 1.54) is 6.26 Å². The summed E-state index contributed by atoms with van der Waals surface area (Å²) in [6, 6.07) is 0. The van der Waals surface area contributed by atoms with E-state index in [9.17, 15) is 8.42 Å². The highest BCUT2D eigenvalue weighted by molar-refractivity contribution is 7.89. The highest BCUT2D eigenvalue weighted by Crippen LogP contribution is 2.29. The molecular weight excluding hydrogens is 302 g/mol. The van der Waals surface area contributed by atoms with Gasteiger partial charge in [-0.05, 0) is 62.4 Å². The molecule has 22 heavy (non-hydrogen) atoms. The molecule has 0 saturated heterocycles. The number of ether oxygens (including phenoxy) is 2. The zero-order chi connectivity index (χ0) is 16.5. The van der Waals surface area contributed by atoms with Gasteiger partial charge in [-0.1, -0.05) is 0 Å². The predicted molar refractivity (Wildman–Crippen MR) is 85.3 cm³/mol. The van der Waals surface area contributed by atoms with Crippen LogP contribution in [0, 0.1) is 34.6 Å². The minimum Gasteiger partial charge on any atom is -0.494 e. The third-order valence-electron chi connectivity index (χ3n) is 4.34. The molecule has 1 aromatic rings. The second-order valence-corrected chi connectivity index (χ2v) is 7.29. The van der Waals surface area contributed by atoms with Gasteiger partial charge in [-0.2, -0.15) is 0 Å². The van der Waals surface area contributed by atoms with Crippen molar-refractivity contribution in [1.29, 1.82) is 0 Å². The Hall–Kier alpha value is -1.53. The molecule has 0 unspecified atom stereocenters. The minimum absolute atomic E-state index is 0.0905. The molecule has 0 aliphatic carbocycles. The van der Waals surface area contributed by atoms with Crippen LogP contribution < -0.4 is 4.72 Å². The lowest BCUT2D eigenvalue weighted by Gasteiger charge is -2.20. The normalized spacial score (nSPS) is 15.0. The van der Waals surface area contributed by atoms with Gasteiger partial charge in [0.15, 0.2) is 0 Å². The Kier molecular flexibility index (Phi) is 4.82. The number of rotatable bonds is 4. The first-order valence-electron chi connectivity index (χ1n) is 7.25. The summed E-state index contributed by atoms with van der Waals surface area (Å²) in [5.41, 5.74) is 4.76. The molecule has 0 bridgehead atoms. The van der Waals surface area contributed by atoms with E-state index in [1.54, 1.807) is 0 Å². The maximum Gasteiger partial charge on any atom is 0.241 e. The quantitative estimate of drug-likeness (QED) is 0.923. The highest BCUT2D eigenvalue weighted by atomic mass is 32.2. The number of benzene rings is 1. The monoisotopic (exact) mass is 325 g/mol. The van der Waals surface area contributed by atoms with E-state index in [4.69, 9.17) is 9.47 Å². The molecule has 0 amide bonds. The van der Waals surface area contributed by atoms with Crippen LogP contribution in [0.1, 0.15) is 27.8 Å². The molecule has 6 heteroatoms. The van der Waals surface area contributed by atoms with Crippen molar-refractivity contribution < 1.29 is 17.9 Å². The third-order valence-corrected chi connectivity index (χ3v) is 6.01. The third kappa shape index (κ3) is 3.13. The van der Waals surface area contributed by atoms with Crippen LogP contribution in [0.3, 0.4) is 0 Å². The van der Waals surface area contributed by atoms with E-state index in [1.807, 2.05) is 34.6 Å². The number of hydrogen-bond donors (Lipinski definition) is 1. The van der Waals surface area contributed by atoms with Gasteiger partial charge in [0.25, 0.3) is 0 Å². The molecule has 1 aromatic carbocycles. The first-order chi connectivity index (χ1) is 10.3. The van der Waals surface area contributed by atoms with Gasteiger partial charge in [-0.15, -0.1) is 0 Å². The average molecular weight is 325 g/mol. The first kappa shape index (κ1) is 16.8. The van der Waals surface area contributed by atoms with Crippen LogP contribution in [0.25, 0.3) is 0 Å². The van der Waals surface area contributed by atoms with Crippen LogP contribution in [0.4, 0.5) is 0 Å². The van der Waals surface area contributed by atoms with Crippen LogP contribution in [0.5, 0.6) is 0 Å². The Balaban J connectivity index is 2.35. The van der Waals surface area contributed by atoms with Crippen LogP contribution in [-0.2, 0) is 19.5 Å². The lowest BCUT2D eigenvalue weighted by molar-refractivity contribution is 0.0825. The Morgan fingerprint density at radius 2 is 1.50 bits per heavy atom. The average Bonchev–Trinajstić information content (AvgIpc) is 2.50. The van der Waals surface area contributed by atoms with Gasteiger partial charge in [-0.3, -0.25) is 0 Å². The van der Waals surface area contributed by atoms with Crippen molar-refractivity contribution in [2.24, 2.45) is 0 Å². The van der Waals surface area contributed by atoms with E-state index in [0.29, 0.717) is 23.9 Å². The van der Waals surface area contributed by atoms with Gasteiger partial charge in [0.2, 0.25) is 10.0 Å². The Bertz CT molecular complexity index is 691. The lowest BCUT2D eigenvalue weighted by Crippen LogP contribution is -2.29. The van der Waals surface area contributed by atoms with Gasteiger partial charge in [0.1, 0.15) is 25.2 Å². The van der Waals surface area contributed by atoms with Crippen LogP contribution in [0.15, 0.2) is 16.9 Å². The second kappa shape index (κ2) is 6.30. The summed E-state index contributed by atoms with van der Waals surface area (Å²) in [5.74, 6) is 0.491. The Morgan fingerprint density at radius 3 is 2.00 bits per heavy atom. The van der Waals surface area contributed by atoms with Gasteiger partial charge in [0, 0.05) is 0 Å². The number of hydrogen-bond acceptors (Lipinski definition) is 4. The summed E-state index contributed by atoms with van der Waals surface area (Å²) in [4.78, 5) is 0.366. The Morgan fingerprint density at radius 1 is 0.955 bits per heavy atom. The van der Waals surface area contributed by atoms with Crippen LogP contribution in [0.2, 0.25) is 0 Å². The molecule has 2 rings (SSSR count). The van der Waals surface area contributed by atoms with E-state index in [-0.39, 0.29) is 6.54 Å². The summed E-state index contributed by atoms with van der Waals surface area (Å²) in [7, 11) is -3.61. The van der Waals surface area contributed by atoms with Crippen molar-refractivity contribution >= 4 is 10.0 Å². The Labute approximate surface area is 132 Å². The van der Waals surface area contributed by atoms with Gasteiger partial charge in [0.05, 0.1) is 11.4 Å². The molecule has 0 spiro atoms. The maximum atomic E-state index is 12.7. The fourth-order valence-corrected chi connectivity index (χ4v) is 4.20. The van der Waals surface area contributed by atoms with Crippen molar-refractivity contribution in [3.8, 4) is 0 Å². The predicted octanol–water partition coefficient (Wildman–Crippen LogP) is 2.40. The number of nitrogens with one attached hydrogen (secondary N) is 1. The molecule has 0 saturated carbocycles. The van der Waals surface area contributed by atoms with Gasteiger partial charge < -0.3 is 9.47 Å². The summed E-state index contributed by atoms with van der Waals surface area (Å²) in [6.45, 7) is 10.7. The van der Waals surface area contributed by atoms with E-state index in [2.05, 4.69) is 4.72 Å². The first-order valence-corrected chi connectivity index (χ1v) is 8.74. The van der Waals surface area contributed by atoms with Crippen molar-refractivity contribution in [2.45, 2.75) is 39.5 Å². The maximum absolute atomic E-state index is 12.7. The highest BCUT2D eigenvalue weighted by Gasteiger charge is 2.24. The van der Waals surface area contributed by atoms with Crippen molar-refractivity contribution in [3.63, 3.8) is 0 Å². The molecule has 0 fully saturated rings. The zero-order valence-electron chi connectivity index (χ0n) is 13.7. The van der Waals surface area contributed by atoms with E-state index in [0.717, 1.165) is 27.8 Å². The van der Waals surface area contributed by atoms with Gasteiger partial charge >= 0.3 is 0 Å². The molecule has 1 N–H and O–H groups in total. The van der Waals surface area contributed by atoms with Crippen molar-refractivity contribution in [1.82, 2.24) is 4.72 Å². The molecule has 0 radical (unpaired) electrons. The summed E-state index contributed by atoms with van der Waals surface area (Å²) in [6.07, 6.45) is 1.46. The minimum atomic E-state index is -3.61. The second-order valence-electron chi connectivity index (χ2n) is 5.58. The molecule has 1 heterocycles. The zero-order valence-corrected chi connectivity index (χ0v) is 14.6. The molecular formula is C16H23NO4S. The van der Waals surface area contributed by atoms with Crippen molar-refractivity contribution in [2.75, 3.05) is 19.8 Å². The summed E-state index contributed by atoms with van der Waals surface area (Å²) < 4.78 is 38.5. The summed E-state index contributed by atoms with van der Waals surface area (Å²) in [5, 5.41) is 0. The SMILES string of the molecule is Cc1c(C)c(C)c(S(=O)(=O)NCC2=COCCO2)c(C)c1C. The van der Waals surface area contributed by atoms with E-state index >= 15 is 0 Å². The van der Waals surface area contributed by atoms with Crippen LogP contribution >= 0.6 is 0 Å². The molecule has 5 nitrogen and oxygen atoms in total. The summed E-state index contributed by atoms with van der Waals surface area (Å²) >= 11 is 0. The van der Waals surface area contributed by atoms with Gasteiger partial charge in [-0.25, -0.2) is 13.1 Å².